The van der Waals surface area contributed by atoms with E-state index in [2.05, 4.69) is 25.7 Å². The minimum atomic E-state index is -0.155. The summed E-state index contributed by atoms with van der Waals surface area (Å²) in [6.07, 6.45) is 1.06. The molecule has 5 heteroatoms. The van der Waals surface area contributed by atoms with Crippen molar-refractivity contribution in [3.8, 4) is 0 Å². The summed E-state index contributed by atoms with van der Waals surface area (Å²) in [4.78, 5) is 17.4. The number of hydrogen-bond acceptors (Lipinski definition) is 3. The maximum absolute atomic E-state index is 13.0. The predicted molar refractivity (Wildman–Crippen MR) is 103 cm³/mol. The molecule has 0 aromatic heterocycles. The lowest BCUT2D eigenvalue weighted by atomic mass is 9.73. The first-order valence-electron chi connectivity index (χ1n) is 9.08. The predicted octanol–water partition coefficient (Wildman–Crippen LogP) is 2.89. The summed E-state index contributed by atoms with van der Waals surface area (Å²) in [6.45, 7) is 12.1. The van der Waals surface area contributed by atoms with Gasteiger partial charge < -0.3 is 14.9 Å². The van der Waals surface area contributed by atoms with Crippen LogP contribution in [0.5, 0.6) is 0 Å². The molecule has 0 saturated carbocycles. The van der Waals surface area contributed by atoms with Gasteiger partial charge in [0.1, 0.15) is 0 Å². The molecule has 1 N–H and O–H groups in total. The van der Waals surface area contributed by atoms with Crippen molar-refractivity contribution in [2.45, 2.75) is 40.2 Å². The number of benzene rings is 1. The van der Waals surface area contributed by atoms with Crippen LogP contribution < -0.4 is 0 Å². The number of hydrogen-bond donors (Lipinski definition) is 1. The van der Waals surface area contributed by atoms with Gasteiger partial charge in [-0.2, -0.15) is 0 Å². The van der Waals surface area contributed by atoms with E-state index in [9.17, 15) is 9.90 Å². The number of aryl methyl sites for hydroxylation is 2. The third-order valence-corrected chi connectivity index (χ3v) is 6.18. The van der Waals surface area contributed by atoms with Crippen molar-refractivity contribution in [2.75, 3.05) is 32.8 Å². The number of nitrogens with zero attached hydrogens (tertiary/aromatic N) is 2. The van der Waals surface area contributed by atoms with Gasteiger partial charge in [-0.05, 0) is 69.8 Å². The van der Waals surface area contributed by atoms with E-state index in [1.807, 2.05) is 30.0 Å². The molecule has 0 aliphatic carbocycles. The maximum atomic E-state index is 13.0. The van der Waals surface area contributed by atoms with Crippen molar-refractivity contribution in [3.63, 3.8) is 0 Å². The second kappa shape index (κ2) is 7.65. The summed E-state index contributed by atoms with van der Waals surface area (Å²) in [5.74, 6) is 0.518. The minimum absolute atomic E-state index is 0. The normalized spacial score (nSPS) is 26.5. The molecule has 0 bridgehead atoms. The van der Waals surface area contributed by atoms with Gasteiger partial charge in [0, 0.05) is 36.7 Å². The highest BCUT2D eigenvalue weighted by molar-refractivity contribution is 5.94. The monoisotopic (exact) mass is 366 g/mol. The molecule has 25 heavy (non-hydrogen) atoms. The summed E-state index contributed by atoms with van der Waals surface area (Å²) in [7, 11) is 0. The lowest BCUT2D eigenvalue weighted by Crippen LogP contribution is -2.52. The molecule has 1 aromatic carbocycles. The van der Waals surface area contributed by atoms with Crippen LogP contribution in [0.3, 0.4) is 0 Å². The van der Waals surface area contributed by atoms with E-state index in [-0.39, 0.29) is 30.3 Å². The number of piperidine rings is 1. The Bertz CT molecular complexity index is 634. The van der Waals surface area contributed by atoms with Crippen LogP contribution in [0.25, 0.3) is 0 Å². The van der Waals surface area contributed by atoms with Gasteiger partial charge in [-0.25, -0.2) is 0 Å². The van der Waals surface area contributed by atoms with E-state index in [1.165, 1.54) is 5.56 Å². The topological polar surface area (TPSA) is 43.8 Å². The molecule has 2 saturated heterocycles. The van der Waals surface area contributed by atoms with Crippen molar-refractivity contribution < 1.29 is 9.90 Å². The van der Waals surface area contributed by atoms with Gasteiger partial charge in [0.25, 0.3) is 5.91 Å². The van der Waals surface area contributed by atoms with Crippen LogP contribution >= 0.6 is 12.4 Å². The van der Waals surface area contributed by atoms with Gasteiger partial charge in [-0.3, -0.25) is 4.79 Å². The molecule has 2 fully saturated rings. The Hall–Kier alpha value is -1.10. The second-order valence-electron chi connectivity index (χ2n) is 8.06. The lowest BCUT2D eigenvalue weighted by Gasteiger charge is -2.44. The zero-order valence-corrected chi connectivity index (χ0v) is 16.6. The van der Waals surface area contributed by atoms with Gasteiger partial charge in [0.2, 0.25) is 0 Å². The van der Waals surface area contributed by atoms with Crippen LogP contribution in [0.2, 0.25) is 0 Å². The standard InChI is InChI=1S/C20H30N2O2.ClH/c1-14(2)21-8-7-18-10-22(12-20(18,11-21)13-23)19(24)17-6-5-15(3)16(4)9-17;/h5-6,9,14,18,23H,7-8,10-13H2,1-4H3;1H/t18-,20+;/m0./s1. The molecule has 1 amide bonds. The molecule has 3 rings (SSSR count). The Morgan fingerprint density at radius 1 is 1.28 bits per heavy atom. The van der Waals surface area contributed by atoms with Gasteiger partial charge in [-0.15, -0.1) is 12.4 Å². The molecule has 2 heterocycles. The number of carbonyl (C=O) groups is 1. The average Bonchev–Trinajstić information content (AvgIpc) is 2.95. The van der Waals surface area contributed by atoms with Crippen molar-refractivity contribution in [1.29, 1.82) is 0 Å². The number of fused-ring (bicyclic) bond motifs is 1. The first kappa shape index (κ1) is 20.2. The highest BCUT2D eigenvalue weighted by Crippen LogP contribution is 2.42. The summed E-state index contributed by atoms with van der Waals surface area (Å²) in [5.41, 5.74) is 2.98. The molecular formula is C20H31ClN2O2. The highest BCUT2D eigenvalue weighted by atomic mass is 35.5. The molecule has 2 atom stereocenters. The summed E-state index contributed by atoms with van der Waals surface area (Å²) < 4.78 is 0. The summed E-state index contributed by atoms with van der Waals surface area (Å²) in [5, 5.41) is 10.1. The zero-order chi connectivity index (χ0) is 17.5. The molecule has 1 aromatic rings. The fourth-order valence-electron chi connectivity index (χ4n) is 4.30. The third-order valence-electron chi connectivity index (χ3n) is 6.18. The molecular weight excluding hydrogens is 336 g/mol. The van der Waals surface area contributed by atoms with E-state index >= 15 is 0 Å². The molecule has 2 aliphatic heterocycles. The average molecular weight is 367 g/mol. The largest absolute Gasteiger partial charge is 0.396 e. The first-order valence-corrected chi connectivity index (χ1v) is 9.08. The first-order chi connectivity index (χ1) is 11.4. The molecule has 140 valence electrons. The maximum Gasteiger partial charge on any atom is 0.253 e. The number of carbonyl (C=O) groups excluding carboxylic acids is 1. The quantitative estimate of drug-likeness (QED) is 0.894. The Kier molecular flexibility index (Phi) is 6.18. The fourth-order valence-corrected chi connectivity index (χ4v) is 4.30. The van der Waals surface area contributed by atoms with E-state index in [0.717, 1.165) is 37.2 Å². The number of rotatable bonds is 3. The number of amides is 1. The molecule has 4 nitrogen and oxygen atoms in total. The van der Waals surface area contributed by atoms with Gasteiger partial charge in [0.15, 0.2) is 0 Å². The summed E-state index contributed by atoms with van der Waals surface area (Å²) in [6, 6.07) is 6.43. The Labute approximate surface area is 157 Å². The Morgan fingerprint density at radius 3 is 2.60 bits per heavy atom. The number of aliphatic hydroxyl groups excluding tert-OH is 1. The van der Waals surface area contributed by atoms with Crippen LogP contribution in [0.4, 0.5) is 0 Å². The smallest absolute Gasteiger partial charge is 0.253 e. The summed E-state index contributed by atoms with van der Waals surface area (Å²) >= 11 is 0. The second-order valence-corrected chi connectivity index (χ2v) is 8.06. The van der Waals surface area contributed by atoms with Crippen LogP contribution in [0.15, 0.2) is 18.2 Å². The van der Waals surface area contributed by atoms with E-state index in [1.54, 1.807) is 0 Å². The third kappa shape index (κ3) is 3.71. The van der Waals surface area contributed by atoms with Crippen molar-refractivity contribution in [1.82, 2.24) is 9.80 Å². The number of aliphatic hydroxyl groups is 1. The van der Waals surface area contributed by atoms with Gasteiger partial charge in [-0.1, -0.05) is 6.07 Å². The lowest BCUT2D eigenvalue weighted by molar-refractivity contribution is -0.00103. The minimum Gasteiger partial charge on any atom is -0.396 e. The number of halogens is 1. The van der Waals surface area contributed by atoms with Crippen LogP contribution in [-0.4, -0.2) is 59.6 Å². The van der Waals surface area contributed by atoms with Crippen LogP contribution in [-0.2, 0) is 0 Å². The van der Waals surface area contributed by atoms with Crippen molar-refractivity contribution in [2.24, 2.45) is 11.3 Å². The molecule has 2 aliphatic rings. The molecule has 0 spiro atoms. The van der Waals surface area contributed by atoms with E-state index < -0.39 is 0 Å². The number of likely N-dealkylation sites (tertiary alicyclic amines) is 2. The van der Waals surface area contributed by atoms with E-state index in [0.29, 0.717) is 18.5 Å². The van der Waals surface area contributed by atoms with E-state index in [4.69, 9.17) is 0 Å². The Balaban J connectivity index is 0.00000225. The van der Waals surface area contributed by atoms with Crippen molar-refractivity contribution >= 4 is 18.3 Å². The SMILES string of the molecule is Cc1ccc(C(=O)N2C[C@@H]3CCN(C(C)C)C[C@]3(CO)C2)cc1C.Cl. The molecule has 0 unspecified atom stereocenters. The van der Waals surface area contributed by atoms with Gasteiger partial charge in [0.05, 0.1) is 6.61 Å². The Morgan fingerprint density at radius 2 is 2.00 bits per heavy atom. The fraction of sp³-hybridized carbons (Fsp3) is 0.650. The van der Waals surface area contributed by atoms with Crippen molar-refractivity contribution in [3.05, 3.63) is 34.9 Å². The van der Waals surface area contributed by atoms with Gasteiger partial charge >= 0.3 is 0 Å². The zero-order valence-electron chi connectivity index (χ0n) is 15.8. The highest BCUT2D eigenvalue weighted by Gasteiger charge is 2.50. The van der Waals surface area contributed by atoms with Crippen LogP contribution in [0, 0.1) is 25.2 Å². The molecule has 0 radical (unpaired) electrons. The van der Waals surface area contributed by atoms with Crippen LogP contribution in [0.1, 0.15) is 41.8 Å².